The number of hydrogen-bond acceptors (Lipinski definition) is 4. The lowest BCUT2D eigenvalue weighted by atomic mass is 9.92. The molecule has 2 atom stereocenters. The topological polar surface area (TPSA) is 67.9 Å². The molecular formula is C25H20BrClN2O4. The molecule has 33 heavy (non-hydrogen) atoms. The van der Waals surface area contributed by atoms with Crippen molar-refractivity contribution in [3.63, 3.8) is 0 Å². The van der Waals surface area contributed by atoms with Crippen LogP contribution >= 0.6 is 27.5 Å². The largest absolute Gasteiger partial charge is 0.460 e. The highest BCUT2D eigenvalue weighted by Gasteiger charge is 2.50. The second-order valence-corrected chi connectivity index (χ2v) is 9.47. The molecule has 2 aliphatic heterocycles. The summed E-state index contributed by atoms with van der Waals surface area (Å²) in [7, 11) is 0. The minimum absolute atomic E-state index is 0.0496. The number of imide groups is 1. The third-order valence-electron chi connectivity index (χ3n) is 5.91. The van der Waals surface area contributed by atoms with E-state index in [-0.39, 0.29) is 12.5 Å². The Bertz CT molecular complexity index is 1250. The minimum Gasteiger partial charge on any atom is -0.460 e. The van der Waals surface area contributed by atoms with Crippen molar-refractivity contribution in [1.82, 2.24) is 10.2 Å². The summed E-state index contributed by atoms with van der Waals surface area (Å²) in [5.74, 6) is 0.242. The van der Waals surface area contributed by atoms with E-state index in [0.717, 1.165) is 15.6 Å². The maximum atomic E-state index is 13.4. The van der Waals surface area contributed by atoms with Crippen LogP contribution in [0.1, 0.15) is 35.5 Å². The number of nitrogens with one attached hydrogen (secondary N) is 1. The molecule has 2 heterocycles. The van der Waals surface area contributed by atoms with Gasteiger partial charge >= 0.3 is 6.03 Å². The smallest absolute Gasteiger partial charge is 0.325 e. The van der Waals surface area contributed by atoms with Gasteiger partial charge in [0.1, 0.15) is 11.3 Å². The van der Waals surface area contributed by atoms with Crippen molar-refractivity contribution in [2.24, 2.45) is 0 Å². The Balaban J connectivity index is 1.47. The van der Waals surface area contributed by atoms with E-state index in [2.05, 4.69) is 21.2 Å². The Kier molecular flexibility index (Phi) is 5.64. The molecule has 3 aromatic carbocycles. The molecule has 3 aromatic rings. The van der Waals surface area contributed by atoms with Crippen molar-refractivity contribution in [2.45, 2.75) is 31.9 Å². The van der Waals surface area contributed by atoms with E-state index in [1.54, 1.807) is 31.2 Å². The molecule has 6 nitrogen and oxygen atoms in total. The van der Waals surface area contributed by atoms with Gasteiger partial charge in [0.05, 0.1) is 13.2 Å². The fourth-order valence-corrected chi connectivity index (χ4v) is 5.11. The number of benzene rings is 3. The van der Waals surface area contributed by atoms with E-state index in [1.165, 1.54) is 4.90 Å². The van der Waals surface area contributed by atoms with Gasteiger partial charge in [0.25, 0.3) is 5.91 Å². The summed E-state index contributed by atoms with van der Waals surface area (Å²) in [5.41, 5.74) is 1.73. The quantitative estimate of drug-likeness (QED) is 0.444. The first-order valence-corrected chi connectivity index (χ1v) is 11.6. The summed E-state index contributed by atoms with van der Waals surface area (Å²) in [6.45, 7) is 2.06. The van der Waals surface area contributed by atoms with Crippen LogP contribution < -0.4 is 10.1 Å². The molecular weight excluding hydrogens is 508 g/mol. The Morgan fingerprint density at radius 1 is 1.12 bits per heavy atom. The van der Waals surface area contributed by atoms with Gasteiger partial charge < -0.3 is 14.8 Å². The van der Waals surface area contributed by atoms with E-state index in [1.807, 2.05) is 42.5 Å². The van der Waals surface area contributed by atoms with Gasteiger partial charge in [-0.05, 0) is 25.1 Å². The van der Waals surface area contributed by atoms with E-state index in [0.29, 0.717) is 28.5 Å². The molecule has 0 saturated carbocycles. The number of halogens is 2. The summed E-state index contributed by atoms with van der Waals surface area (Å²) < 4.78 is 12.9. The van der Waals surface area contributed by atoms with Crippen LogP contribution in [0.25, 0.3) is 0 Å². The standard InChI is InChI=1S/C25H20BrClN2O4/c1-25(19-9-5-6-10-20(19)27)23(30)29(24(31)28-25)13-16-11-18(26)12-17-14-32-22(33-21(16)17)15-7-3-2-4-8-15/h2-12,22H,13-14H2,1H3,(H,28,31)/t22-,25-/m0/s1. The van der Waals surface area contributed by atoms with Crippen LogP contribution in [0.5, 0.6) is 5.75 Å². The Morgan fingerprint density at radius 2 is 1.85 bits per heavy atom. The number of rotatable bonds is 4. The molecule has 0 radical (unpaired) electrons. The molecule has 2 aliphatic rings. The van der Waals surface area contributed by atoms with Crippen LogP contribution in [0.3, 0.4) is 0 Å². The first-order chi connectivity index (χ1) is 15.9. The first kappa shape index (κ1) is 21.9. The Morgan fingerprint density at radius 3 is 2.61 bits per heavy atom. The van der Waals surface area contributed by atoms with E-state index >= 15 is 0 Å². The molecule has 5 rings (SSSR count). The second kappa shape index (κ2) is 8.48. The van der Waals surface area contributed by atoms with Gasteiger partial charge in [-0.15, -0.1) is 0 Å². The normalized spacial score (nSPS) is 22.0. The van der Waals surface area contributed by atoms with Crippen LogP contribution in [-0.4, -0.2) is 16.8 Å². The van der Waals surface area contributed by atoms with Crippen molar-refractivity contribution in [1.29, 1.82) is 0 Å². The number of fused-ring (bicyclic) bond motifs is 1. The maximum Gasteiger partial charge on any atom is 0.325 e. The minimum atomic E-state index is -1.25. The van der Waals surface area contributed by atoms with E-state index < -0.39 is 17.9 Å². The summed E-state index contributed by atoms with van der Waals surface area (Å²) >= 11 is 9.86. The fourth-order valence-electron chi connectivity index (χ4n) is 4.23. The van der Waals surface area contributed by atoms with Crippen LogP contribution in [0.15, 0.2) is 71.2 Å². The van der Waals surface area contributed by atoms with Crippen molar-refractivity contribution >= 4 is 39.5 Å². The average molecular weight is 528 g/mol. The lowest BCUT2D eigenvalue weighted by Crippen LogP contribution is -2.41. The monoisotopic (exact) mass is 526 g/mol. The fraction of sp³-hybridized carbons (Fsp3) is 0.200. The molecule has 1 fully saturated rings. The molecule has 0 bridgehead atoms. The van der Waals surface area contributed by atoms with Crippen LogP contribution in [0, 0.1) is 0 Å². The molecule has 3 amide bonds. The van der Waals surface area contributed by atoms with Gasteiger partial charge in [-0.1, -0.05) is 76.1 Å². The van der Waals surface area contributed by atoms with E-state index in [9.17, 15) is 9.59 Å². The molecule has 1 saturated heterocycles. The predicted molar refractivity (Wildman–Crippen MR) is 127 cm³/mol. The van der Waals surface area contributed by atoms with E-state index in [4.69, 9.17) is 21.1 Å². The number of nitrogens with zero attached hydrogens (tertiary/aromatic N) is 1. The highest BCUT2D eigenvalue weighted by molar-refractivity contribution is 9.10. The number of hydrogen-bond donors (Lipinski definition) is 1. The molecule has 8 heteroatoms. The van der Waals surface area contributed by atoms with Gasteiger partial charge in [0.2, 0.25) is 6.29 Å². The lowest BCUT2D eigenvalue weighted by molar-refractivity contribution is -0.131. The highest BCUT2D eigenvalue weighted by Crippen LogP contribution is 2.40. The third kappa shape index (κ3) is 3.90. The Hall–Kier alpha value is -2.87. The molecule has 0 aliphatic carbocycles. The Labute approximate surface area is 204 Å². The van der Waals surface area contributed by atoms with Crippen molar-refractivity contribution in [3.8, 4) is 5.75 Å². The van der Waals surface area contributed by atoms with Gasteiger partial charge in [-0.2, -0.15) is 0 Å². The predicted octanol–water partition coefficient (Wildman–Crippen LogP) is 5.68. The first-order valence-electron chi connectivity index (χ1n) is 10.4. The van der Waals surface area contributed by atoms with Gasteiger partial charge in [0, 0.05) is 31.7 Å². The zero-order valence-corrected chi connectivity index (χ0v) is 20.0. The number of carbonyl (C=O) groups is 2. The van der Waals surface area contributed by atoms with Gasteiger partial charge in [0.15, 0.2) is 0 Å². The maximum absolute atomic E-state index is 13.4. The van der Waals surface area contributed by atoms with Crippen LogP contribution in [-0.2, 0) is 28.2 Å². The van der Waals surface area contributed by atoms with Crippen molar-refractivity contribution in [3.05, 3.63) is 98.5 Å². The summed E-state index contributed by atoms with van der Waals surface area (Å²) in [6, 6.07) is 19.9. The number of urea groups is 1. The van der Waals surface area contributed by atoms with Crippen LogP contribution in [0.4, 0.5) is 4.79 Å². The number of amides is 3. The average Bonchev–Trinajstić information content (AvgIpc) is 3.03. The molecule has 0 spiro atoms. The molecule has 1 N–H and O–H groups in total. The van der Waals surface area contributed by atoms with Crippen molar-refractivity contribution < 1.29 is 19.1 Å². The second-order valence-electron chi connectivity index (χ2n) is 8.15. The van der Waals surface area contributed by atoms with Crippen molar-refractivity contribution in [2.75, 3.05) is 0 Å². The summed E-state index contributed by atoms with van der Waals surface area (Å²) in [4.78, 5) is 27.5. The third-order valence-corrected chi connectivity index (χ3v) is 6.70. The zero-order valence-electron chi connectivity index (χ0n) is 17.7. The lowest BCUT2D eigenvalue weighted by Gasteiger charge is -2.29. The zero-order chi connectivity index (χ0) is 23.2. The molecule has 168 valence electrons. The number of carbonyl (C=O) groups excluding carboxylic acids is 2. The summed E-state index contributed by atoms with van der Waals surface area (Å²) in [5, 5.41) is 3.23. The summed E-state index contributed by atoms with van der Waals surface area (Å²) in [6.07, 6.45) is -0.574. The SMILES string of the molecule is C[C@@]1(c2ccccc2Cl)NC(=O)N(Cc2cc(Br)cc3c2O[C@@H](c2ccccc2)OC3)C1=O. The number of ether oxygens (including phenoxy) is 2. The van der Waals surface area contributed by atoms with Gasteiger partial charge in [-0.3, -0.25) is 9.69 Å². The molecule has 0 unspecified atom stereocenters. The van der Waals surface area contributed by atoms with Crippen LogP contribution in [0.2, 0.25) is 5.02 Å². The highest BCUT2D eigenvalue weighted by atomic mass is 79.9. The van der Waals surface area contributed by atoms with Gasteiger partial charge in [-0.25, -0.2) is 4.79 Å². The molecule has 0 aromatic heterocycles.